The van der Waals surface area contributed by atoms with Crippen LogP contribution >= 0.6 is 0 Å². The number of ether oxygens (including phenoxy) is 2. The standard InChI is InChI=1S/C27H28N4O5/c1-5-36-27(34)18-10-12-19(13-11-18)28-24(32)15-14-20-17(2)30(3)25-16-22(29-31(25)26(20)33)21-8-6-7-9-23(21)35-4/h6-13,16H,5,14-15H2,1-4H3,(H,28,32). The first-order valence-corrected chi connectivity index (χ1v) is 11.6. The van der Waals surface area contributed by atoms with Crippen molar-refractivity contribution in [2.75, 3.05) is 19.0 Å². The van der Waals surface area contributed by atoms with Crippen molar-refractivity contribution < 1.29 is 19.1 Å². The number of amides is 1. The first-order valence-electron chi connectivity index (χ1n) is 11.6. The van der Waals surface area contributed by atoms with Gasteiger partial charge in [0.25, 0.3) is 5.56 Å². The van der Waals surface area contributed by atoms with Gasteiger partial charge in [-0.15, -0.1) is 0 Å². The molecule has 1 N–H and O–H groups in total. The predicted molar refractivity (Wildman–Crippen MR) is 137 cm³/mol. The molecule has 9 heteroatoms. The quantitative estimate of drug-likeness (QED) is 0.379. The molecule has 0 aliphatic heterocycles. The number of fused-ring (bicyclic) bond motifs is 1. The van der Waals surface area contributed by atoms with Crippen LogP contribution in [0.15, 0.2) is 59.4 Å². The fraction of sp³-hybridized carbons (Fsp3) is 0.259. The van der Waals surface area contributed by atoms with E-state index in [1.165, 1.54) is 4.52 Å². The van der Waals surface area contributed by atoms with E-state index < -0.39 is 5.97 Å². The van der Waals surface area contributed by atoms with Crippen molar-refractivity contribution in [3.8, 4) is 17.0 Å². The van der Waals surface area contributed by atoms with Crippen molar-refractivity contribution in [1.29, 1.82) is 0 Å². The summed E-state index contributed by atoms with van der Waals surface area (Å²) in [5, 5.41) is 7.35. The molecule has 2 aromatic carbocycles. The molecule has 4 rings (SSSR count). The van der Waals surface area contributed by atoms with Crippen LogP contribution < -0.4 is 15.6 Å². The van der Waals surface area contributed by atoms with E-state index in [1.54, 1.807) is 38.3 Å². The average molecular weight is 489 g/mol. The van der Waals surface area contributed by atoms with E-state index in [4.69, 9.17) is 9.47 Å². The number of carbonyl (C=O) groups excluding carboxylic acids is 2. The van der Waals surface area contributed by atoms with Crippen LogP contribution in [0.1, 0.15) is 35.0 Å². The van der Waals surface area contributed by atoms with E-state index in [-0.39, 0.29) is 24.3 Å². The van der Waals surface area contributed by atoms with Crippen molar-refractivity contribution in [1.82, 2.24) is 14.2 Å². The molecule has 0 saturated carbocycles. The molecule has 4 aromatic rings. The maximum atomic E-state index is 13.3. The van der Waals surface area contributed by atoms with Gasteiger partial charge in [-0.05, 0) is 56.7 Å². The van der Waals surface area contributed by atoms with Gasteiger partial charge in [0.1, 0.15) is 11.4 Å². The molecule has 0 aliphatic carbocycles. The maximum Gasteiger partial charge on any atom is 0.338 e. The van der Waals surface area contributed by atoms with E-state index in [2.05, 4.69) is 10.4 Å². The molecule has 186 valence electrons. The summed E-state index contributed by atoms with van der Waals surface area (Å²) in [7, 11) is 3.46. The second-order valence-corrected chi connectivity index (χ2v) is 8.27. The topological polar surface area (TPSA) is 104 Å². The Morgan fingerprint density at radius 1 is 1.08 bits per heavy atom. The highest BCUT2D eigenvalue weighted by Gasteiger charge is 2.18. The smallest absolute Gasteiger partial charge is 0.338 e. The van der Waals surface area contributed by atoms with E-state index >= 15 is 0 Å². The molecule has 0 spiro atoms. The Morgan fingerprint density at radius 2 is 1.81 bits per heavy atom. The normalized spacial score (nSPS) is 10.9. The van der Waals surface area contributed by atoms with Gasteiger partial charge in [-0.25, -0.2) is 4.79 Å². The third-order valence-corrected chi connectivity index (χ3v) is 6.09. The third-order valence-electron chi connectivity index (χ3n) is 6.09. The minimum atomic E-state index is -0.412. The monoisotopic (exact) mass is 488 g/mol. The fourth-order valence-corrected chi connectivity index (χ4v) is 4.06. The largest absolute Gasteiger partial charge is 0.496 e. The molecule has 0 atom stereocenters. The van der Waals surface area contributed by atoms with Crippen molar-refractivity contribution in [2.45, 2.75) is 26.7 Å². The fourth-order valence-electron chi connectivity index (χ4n) is 4.06. The minimum absolute atomic E-state index is 0.113. The molecular weight excluding hydrogens is 460 g/mol. The molecule has 0 saturated heterocycles. The second-order valence-electron chi connectivity index (χ2n) is 8.27. The van der Waals surface area contributed by atoms with Crippen LogP contribution in [0.4, 0.5) is 5.69 Å². The molecule has 2 heterocycles. The Balaban J connectivity index is 1.53. The van der Waals surface area contributed by atoms with Gasteiger partial charge >= 0.3 is 5.97 Å². The number of carbonyl (C=O) groups is 2. The van der Waals surface area contributed by atoms with Crippen molar-refractivity contribution in [3.63, 3.8) is 0 Å². The average Bonchev–Trinajstić information content (AvgIpc) is 3.34. The Bertz CT molecular complexity index is 1480. The number of methoxy groups -OCH3 is 1. The Labute approximate surface area is 208 Å². The molecule has 0 bridgehead atoms. The number of aromatic nitrogens is 3. The van der Waals surface area contributed by atoms with Crippen LogP contribution in [0.2, 0.25) is 0 Å². The van der Waals surface area contributed by atoms with Gasteiger partial charge in [0.2, 0.25) is 5.91 Å². The number of nitrogens with zero attached hydrogens (tertiary/aromatic N) is 3. The van der Waals surface area contributed by atoms with Gasteiger partial charge in [0, 0.05) is 42.0 Å². The molecule has 1 amide bonds. The number of hydrogen-bond acceptors (Lipinski definition) is 6. The summed E-state index contributed by atoms with van der Waals surface area (Å²) >= 11 is 0. The number of para-hydroxylation sites is 1. The third kappa shape index (κ3) is 4.86. The number of aryl methyl sites for hydroxylation is 1. The molecule has 0 radical (unpaired) electrons. The summed E-state index contributed by atoms with van der Waals surface area (Å²) in [6.45, 7) is 3.89. The zero-order chi connectivity index (χ0) is 25.8. The van der Waals surface area contributed by atoms with Gasteiger partial charge in [-0.2, -0.15) is 9.61 Å². The van der Waals surface area contributed by atoms with E-state index in [0.717, 1.165) is 11.3 Å². The summed E-state index contributed by atoms with van der Waals surface area (Å²) in [6, 6.07) is 15.8. The molecule has 2 aromatic heterocycles. The van der Waals surface area contributed by atoms with Gasteiger partial charge in [-0.3, -0.25) is 9.59 Å². The van der Waals surface area contributed by atoms with E-state index in [0.29, 0.717) is 40.5 Å². The van der Waals surface area contributed by atoms with Crippen LogP contribution in [0, 0.1) is 6.92 Å². The van der Waals surface area contributed by atoms with E-state index in [1.807, 2.05) is 48.9 Å². The van der Waals surface area contributed by atoms with Crippen LogP contribution in [0.3, 0.4) is 0 Å². The van der Waals surface area contributed by atoms with Gasteiger partial charge in [0.15, 0.2) is 0 Å². The van der Waals surface area contributed by atoms with E-state index in [9.17, 15) is 14.4 Å². The SMILES string of the molecule is CCOC(=O)c1ccc(NC(=O)CCc2c(C)n(C)c3cc(-c4ccccc4OC)nn3c2=O)cc1. The highest BCUT2D eigenvalue weighted by Crippen LogP contribution is 2.29. The number of nitrogens with one attached hydrogen (secondary N) is 1. The van der Waals surface area contributed by atoms with Gasteiger partial charge < -0.3 is 19.4 Å². The molecule has 36 heavy (non-hydrogen) atoms. The summed E-state index contributed by atoms with van der Waals surface area (Å²) in [4.78, 5) is 37.7. The highest BCUT2D eigenvalue weighted by atomic mass is 16.5. The first-order chi connectivity index (χ1) is 17.3. The lowest BCUT2D eigenvalue weighted by molar-refractivity contribution is -0.116. The maximum absolute atomic E-state index is 13.3. The van der Waals surface area contributed by atoms with Crippen molar-refractivity contribution >= 4 is 23.2 Å². The lowest BCUT2D eigenvalue weighted by Crippen LogP contribution is -2.26. The zero-order valence-electron chi connectivity index (χ0n) is 20.7. The highest BCUT2D eigenvalue weighted by molar-refractivity contribution is 5.93. The Kier molecular flexibility index (Phi) is 7.19. The first kappa shape index (κ1) is 24.7. The second kappa shape index (κ2) is 10.5. The van der Waals surface area contributed by atoms with Crippen LogP contribution in [-0.4, -0.2) is 39.8 Å². The molecule has 0 unspecified atom stereocenters. The van der Waals surface area contributed by atoms with Gasteiger partial charge in [-0.1, -0.05) is 12.1 Å². The zero-order valence-corrected chi connectivity index (χ0v) is 20.7. The molecule has 9 nitrogen and oxygen atoms in total. The van der Waals surface area contributed by atoms with Crippen LogP contribution in [-0.2, 0) is 23.0 Å². The molecule has 0 aliphatic rings. The number of hydrogen-bond donors (Lipinski definition) is 1. The van der Waals surface area contributed by atoms with Crippen molar-refractivity contribution in [3.05, 3.63) is 81.8 Å². The number of anilines is 1. The Hall–Kier alpha value is -4.40. The lowest BCUT2D eigenvalue weighted by atomic mass is 10.1. The van der Waals surface area contributed by atoms with Crippen molar-refractivity contribution in [2.24, 2.45) is 7.05 Å². The van der Waals surface area contributed by atoms with Gasteiger partial charge in [0.05, 0.1) is 25.0 Å². The molecule has 0 fully saturated rings. The summed E-state index contributed by atoms with van der Waals surface area (Å²) < 4.78 is 13.7. The lowest BCUT2D eigenvalue weighted by Gasteiger charge is -2.12. The van der Waals surface area contributed by atoms with Crippen LogP contribution in [0.25, 0.3) is 16.9 Å². The minimum Gasteiger partial charge on any atom is -0.496 e. The number of rotatable bonds is 8. The number of benzene rings is 2. The molecular formula is C27H28N4O5. The summed E-state index contributed by atoms with van der Waals surface area (Å²) in [5.74, 6) is 0.0140. The number of esters is 1. The predicted octanol–water partition coefficient (Wildman–Crippen LogP) is 3.77. The summed E-state index contributed by atoms with van der Waals surface area (Å²) in [5.41, 5.74) is 4.06. The summed E-state index contributed by atoms with van der Waals surface area (Å²) in [6.07, 6.45) is 0.368. The van der Waals surface area contributed by atoms with Crippen LogP contribution in [0.5, 0.6) is 5.75 Å². The Morgan fingerprint density at radius 3 is 2.50 bits per heavy atom.